The van der Waals surface area contributed by atoms with Crippen LogP contribution in [-0.4, -0.2) is 17.3 Å². The van der Waals surface area contributed by atoms with E-state index in [1.807, 2.05) is 6.92 Å². The molecule has 0 rings (SSSR count). The molecule has 0 aliphatic heterocycles. The summed E-state index contributed by atoms with van der Waals surface area (Å²) in [5.74, 6) is 0.580. The summed E-state index contributed by atoms with van der Waals surface area (Å²) in [5.41, 5.74) is 5.68. The molecule has 0 fully saturated rings. The average molecular weight is 145 g/mol. The topological polar surface area (TPSA) is 46.2 Å². The van der Waals surface area contributed by atoms with E-state index in [-0.39, 0.29) is 12.1 Å². The third-order valence-corrected chi connectivity index (χ3v) is 1.66. The molecule has 0 heterocycles. The Bertz CT molecular complexity index is 83.3. The predicted octanol–water partition coefficient (Wildman–Crippen LogP) is 1.13. The molecule has 3 N–H and O–H groups in total. The van der Waals surface area contributed by atoms with E-state index in [9.17, 15) is 5.11 Å². The summed E-state index contributed by atoms with van der Waals surface area (Å²) in [5, 5.41) is 9.25. The second-order valence-corrected chi connectivity index (χ2v) is 3.27. The fourth-order valence-electron chi connectivity index (χ4n) is 1.00. The summed E-state index contributed by atoms with van der Waals surface area (Å²) >= 11 is 0. The van der Waals surface area contributed by atoms with E-state index in [4.69, 9.17) is 5.73 Å². The number of hydrogen-bond acceptors (Lipinski definition) is 2. The number of aliphatic hydroxyl groups is 1. The summed E-state index contributed by atoms with van der Waals surface area (Å²) in [6.45, 7) is 6.18. The molecule has 0 saturated carbocycles. The van der Waals surface area contributed by atoms with Gasteiger partial charge in [0.25, 0.3) is 0 Å². The van der Waals surface area contributed by atoms with Gasteiger partial charge in [-0.15, -0.1) is 0 Å². The van der Waals surface area contributed by atoms with Gasteiger partial charge in [0.2, 0.25) is 0 Å². The highest BCUT2D eigenvalue weighted by atomic mass is 16.3. The molecule has 10 heavy (non-hydrogen) atoms. The molecular weight excluding hydrogens is 126 g/mol. The number of rotatable bonds is 4. The highest BCUT2D eigenvalue weighted by molar-refractivity contribution is 4.71. The third-order valence-electron chi connectivity index (χ3n) is 1.66. The summed E-state index contributed by atoms with van der Waals surface area (Å²) in [7, 11) is 0. The fraction of sp³-hybridized carbons (Fsp3) is 1.00. The van der Waals surface area contributed by atoms with Crippen LogP contribution in [0.15, 0.2) is 0 Å². The maximum absolute atomic E-state index is 9.25. The predicted molar refractivity (Wildman–Crippen MR) is 43.7 cm³/mol. The second-order valence-electron chi connectivity index (χ2n) is 3.27. The molecule has 62 valence electrons. The van der Waals surface area contributed by atoms with E-state index in [0.717, 1.165) is 12.8 Å². The molecule has 2 atom stereocenters. The van der Waals surface area contributed by atoms with E-state index in [0.29, 0.717) is 5.92 Å². The van der Waals surface area contributed by atoms with Crippen LogP contribution in [-0.2, 0) is 0 Å². The van der Waals surface area contributed by atoms with Crippen LogP contribution in [0.25, 0.3) is 0 Å². The zero-order valence-electron chi connectivity index (χ0n) is 7.17. The van der Waals surface area contributed by atoms with Gasteiger partial charge in [-0.05, 0) is 18.8 Å². The Morgan fingerprint density at radius 2 is 1.90 bits per heavy atom. The standard InChI is InChI=1S/C8H19NO/c1-4-8(10)7(9)5-6(2)3/h6-8,10H,4-5,9H2,1-3H3/t7-,8?/m1/s1. The number of aliphatic hydroxyl groups excluding tert-OH is 1. The van der Waals surface area contributed by atoms with E-state index >= 15 is 0 Å². The van der Waals surface area contributed by atoms with Gasteiger partial charge in [-0.3, -0.25) is 0 Å². The van der Waals surface area contributed by atoms with Crippen molar-refractivity contribution in [3.63, 3.8) is 0 Å². The van der Waals surface area contributed by atoms with Crippen molar-refractivity contribution < 1.29 is 5.11 Å². The second kappa shape index (κ2) is 4.69. The first-order chi connectivity index (χ1) is 4.57. The van der Waals surface area contributed by atoms with Gasteiger partial charge in [-0.25, -0.2) is 0 Å². The molecular formula is C8H19NO. The van der Waals surface area contributed by atoms with E-state index < -0.39 is 0 Å². The van der Waals surface area contributed by atoms with Crippen LogP contribution in [0.5, 0.6) is 0 Å². The molecule has 0 aliphatic rings. The van der Waals surface area contributed by atoms with Gasteiger partial charge in [0.1, 0.15) is 0 Å². The Morgan fingerprint density at radius 3 is 2.20 bits per heavy atom. The molecule has 0 aliphatic carbocycles. The highest BCUT2D eigenvalue weighted by Crippen LogP contribution is 2.07. The van der Waals surface area contributed by atoms with Crippen molar-refractivity contribution in [1.82, 2.24) is 0 Å². The van der Waals surface area contributed by atoms with Crippen molar-refractivity contribution >= 4 is 0 Å². The van der Waals surface area contributed by atoms with Crippen molar-refractivity contribution in [2.24, 2.45) is 11.7 Å². The average Bonchev–Trinajstić information content (AvgIpc) is 1.85. The largest absolute Gasteiger partial charge is 0.392 e. The molecule has 0 amide bonds. The molecule has 0 radical (unpaired) electrons. The lowest BCUT2D eigenvalue weighted by molar-refractivity contribution is 0.130. The van der Waals surface area contributed by atoms with Crippen molar-refractivity contribution in [3.8, 4) is 0 Å². The number of hydrogen-bond donors (Lipinski definition) is 2. The molecule has 0 aromatic rings. The van der Waals surface area contributed by atoms with Crippen molar-refractivity contribution in [2.75, 3.05) is 0 Å². The zero-order chi connectivity index (χ0) is 8.15. The lowest BCUT2D eigenvalue weighted by Crippen LogP contribution is -2.35. The maximum atomic E-state index is 9.25. The highest BCUT2D eigenvalue weighted by Gasteiger charge is 2.13. The van der Waals surface area contributed by atoms with Crippen molar-refractivity contribution in [1.29, 1.82) is 0 Å². The summed E-state index contributed by atoms with van der Waals surface area (Å²) in [6.07, 6.45) is 1.35. The first-order valence-electron chi connectivity index (χ1n) is 4.01. The van der Waals surface area contributed by atoms with E-state index in [1.165, 1.54) is 0 Å². The molecule has 1 unspecified atom stereocenters. The zero-order valence-corrected chi connectivity index (χ0v) is 7.17. The van der Waals surface area contributed by atoms with Crippen LogP contribution in [0.3, 0.4) is 0 Å². The lowest BCUT2D eigenvalue weighted by Gasteiger charge is -2.18. The minimum absolute atomic E-state index is 0.0370. The Hall–Kier alpha value is -0.0800. The molecule has 0 saturated heterocycles. The molecule has 2 nitrogen and oxygen atoms in total. The fourth-order valence-corrected chi connectivity index (χ4v) is 1.00. The lowest BCUT2D eigenvalue weighted by atomic mass is 9.99. The first-order valence-corrected chi connectivity index (χ1v) is 4.01. The summed E-state index contributed by atoms with van der Waals surface area (Å²) in [6, 6.07) is -0.0370. The van der Waals surface area contributed by atoms with Gasteiger partial charge in [-0.2, -0.15) is 0 Å². The summed E-state index contributed by atoms with van der Waals surface area (Å²) < 4.78 is 0. The number of nitrogens with two attached hydrogens (primary N) is 1. The minimum atomic E-state index is -0.317. The van der Waals surface area contributed by atoms with Gasteiger partial charge in [0.15, 0.2) is 0 Å². The third kappa shape index (κ3) is 3.85. The van der Waals surface area contributed by atoms with Gasteiger partial charge in [0, 0.05) is 6.04 Å². The van der Waals surface area contributed by atoms with Crippen LogP contribution in [0.1, 0.15) is 33.6 Å². The Kier molecular flexibility index (Phi) is 4.65. The molecule has 0 spiro atoms. The molecule has 0 bridgehead atoms. The monoisotopic (exact) mass is 145 g/mol. The van der Waals surface area contributed by atoms with Crippen LogP contribution in [0.2, 0.25) is 0 Å². The van der Waals surface area contributed by atoms with Gasteiger partial charge in [-0.1, -0.05) is 20.8 Å². The Balaban J connectivity index is 3.50. The van der Waals surface area contributed by atoms with Crippen molar-refractivity contribution in [2.45, 2.75) is 45.8 Å². The Morgan fingerprint density at radius 1 is 1.40 bits per heavy atom. The van der Waals surface area contributed by atoms with Crippen LogP contribution in [0, 0.1) is 5.92 Å². The van der Waals surface area contributed by atoms with E-state index in [2.05, 4.69) is 13.8 Å². The van der Waals surface area contributed by atoms with Gasteiger partial charge in [0.05, 0.1) is 6.10 Å². The van der Waals surface area contributed by atoms with Crippen LogP contribution < -0.4 is 5.73 Å². The first kappa shape index (κ1) is 9.92. The van der Waals surface area contributed by atoms with Crippen molar-refractivity contribution in [3.05, 3.63) is 0 Å². The molecule has 2 heteroatoms. The van der Waals surface area contributed by atoms with Crippen LogP contribution in [0.4, 0.5) is 0 Å². The molecule has 0 aromatic carbocycles. The maximum Gasteiger partial charge on any atom is 0.0688 e. The van der Waals surface area contributed by atoms with E-state index in [1.54, 1.807) is 0 Å². The van der Waals surface area contributed by atoms with Gasteiger partial charge < -0.3 is 10.8 Å². The minimum Gasteiger partial charge on any atom is -0.392 e. The SMILES string of the molecule is CCC(O)[C@H](N)CC(C)C. The normalized spacial score (nSPS) is 17.4. The van der Waals surface area contributed by atoms with Crippen LogP contribution >= 0.6 is 0 Å². The molecule has 0 aromatic heterocycles. The van der Waals surface area contributed by atoms with Gasteiger partial charge >= 0.3 is 0 Å². The Labute approximate surface area is 63.4 Å². The quantitative estimate of drug-likeness (QED) is 0.623. The smallest absolute Gasteiger partial charge is 0.0688 e. The summed E-state index contributed by atoms with van der Waals surface area (Å²) in [4.78, 5) is 0.